The van der Waals surface area contributed by atoms with Gasteiger partial charge in [0.1, 0.15) is 11.5 Å². The number of ether oxygens (including phenoxy) is 3. The molecule has 0 fully saturated rings. The average molecular weight is 393 g/mol. The first-order valence-corrected chi connectivity index (χ1v) is 9.16. The van der Waals surface area contributed by atoms with E-state index in [4.69, 9.17) is 14.2 Å². The monoisotopic (exact) mass is 393 g/mol. The number of ketones is 1. The number of nitrogens with one attached hydrogen (secondary N) is 1. The molecule has 1 N–H and O–H groups in total. The largest absolute Gasteiger partial charge is 0.497 e. The van der Waals surface area contributed by atoms with Gasteiger partial charge in [-0.05, 0) is 44.2 Å². The number of esters is 1. The molecule has 0 aliphatic rings. The van der Waals surface area contributed by atoms with E-state index in [0.717, 1.165) is 16.6 Å². The van der Waals surface area contributed by atoms with E-state index in [2.05, 4.69) is 4.98 Å². The van der Waals surface area contributed by atoms with E-state index >= 15 is 0 Å². The van der Waals surface area contributed by atoms with Crippen LogP contribution in [0, 0.1) is 6.92 Å². The van der Waals surface area contributed by atoms with Crippen LogP contribution in [0.1, 0.15) is 28.5 Å². The van der Waals surface area contributed by atoms with Crippen molar-refractivity contribution in [1.82, 2.24) is 4.98 Å². The summed E-state index contributed by atoms with van der Waals surface area (Å²) in [5.74, 6) is 0.361. The van der Waals surface area contributed by atoms with Gasteiger partial charge in [0, 0.05) is 33.8 Å². The van der Waals surface area contributed by atoms with Crippen molar-refractivity contribution in [2.45, 2.75) is 20.0 Å². The van der Waals surface area contributed by atoms with Crippen molar-refractivity contribution < 1.29 is 23.8 Å². The number of aryl methyl sites for hydroxylation is 1. The van der Waals surface area contributed by atoms with Crippen molar-refractivity contribution in [3.63, 3.8) is 0 Å². The molecule has 0 amide bonds. The summed E-state index contributed by atoms with van der Waals surface area (Å²) in [5.41, 5.74) is 2.82. The number of aromatic nitrogens is 1. The van der Waals surface area contributed by atoms with Gasteiger partial charge in [0.2, 0.25) is 5.78 Å². The fourth-order valence-electron chi connectivity index (χ4n) is 3.19. The molecule has 3 aromatic rings. The summed E-state index contributed by atoms with van der Waals surface area (Å²) >= 11 is 0. The smallest absolute Gasteiger partial charge is 0.331 e. The topological polar surface area (TPSA) is 77.6 Å². The van der Waals surface area contributed by atoms with Gasteiger partial charge in [-0.2, -0.15) is 0 Å². The van der Waals surface area contributed by atoms with Gasteiger partial charge >= 0.3 is 5.97 Å². The Bertz CT molecular complexity index is 1080. The Morgan fingerprint density at radius 3 is 2.55 bits per heavy atom. The fourth-order valence-corrected chi connectivity index (χ4v) is 3.19. The first-order chi connectivity index (χ1) is 13.9. The van der Waals surface area contributed by atoms with Crippen LogP contribution in [-0.2, 0) is 9.53 Å². The van der Waals surface area contributed by atoms with Crippen LogP contribution in [0.25, 0.3) is 17.0 Å². The predicted molar refractivity (Wildman–Crippen MR) is 112 cm³/mol. The number of methoxy groups -OCH3 is 2. The van der Waals surface area contributed by atoms with Crippen LogP contribution in [0.15, 0.2) is 48.5 Å². The summed E-state index contributed by atoms with van der Waals surface area (Å²) in [6.45, 7) is 3.40. The molecule has 0 saturated heterocycles. The number of aromatic amines is 1. The van der Waals surface area contributed by atoms with Crippen LogP contribution >= 0.6 is 0 Å². The number of hydrogen-bond acceptors (Lipinski definition) is 5. The van der Waals surface area contributed by atoms with E-state index in [0.29, 0.717) is 22.6 Å². The molecule has 0 bridgehead atoms. The lowest BCUT2D eigenvalue weighted by Gasteiger charge is -2.11. The van der Waals surface area contributed by atoms with Gasteiger partial charge in [0.05, 0.1) is 14.2 Å². The van der Waals surface area contributed by atoms with E-state index in [1.54, 1.807) is 45.4 Å². The molecular weight excluding hydrogens is 370 g/mol. The lowest BCUT2D eigenvalue weighted by atomic mass is 10.0. The summed E-state index contributed by atoms with van der Waals surface area (Å²) in [6, 6.07) is 12.8. The van der Waals surface area contributed by atoms with Crippen molar-refractivity contribution in [1.29, 1.82) is 0 Å². The highest BCUT2D eigenvalue weighted by molar-refractivity contribution is 6.11. The molecule has 0 aliphatic carbocycles. The first kappa shape index (κ1) is 20.2. The maximum Gasteiger partial charge on any atom is 0.331 e. The lowest BCUT2D eigenvalue weighted by molar-refractivity contribution is -0.140. The SMILES string of the molecule is COc1ccc(OC)c(/C=C/C(=O)O[C@@H](C)C(=O)c2c(C)[nH]c3ccccc23)c1. The molecule has 1 atom stereocenters. The minimum atomic E-state index is -0.919. The number of carbonyl (C=O) groups is 2. The van der Waals surface area contributed by atoms with Gasteiger partial charge in [0.25, 0.3) is 0 Å². The van der Waals surface area contributed by atoms with Gasteiger partial charge < -0.3 is 19.2 Å². The van der Waals surface area contributed by atoms with Gasteiger partial charge in [-0.15, -0.1) is 0 Å². The van der Waals surface area contributed by atoms with Crippen LogP contribution in [0.3, 0.4) is 0 Å². The van der Waals surface area contributed by atoms with Gasteiger partial charge in [-0.25, -0.2) is 4.79 Å². The number of para-hydroxylation sites is 1. The normalized spacial score (nSPS) is 12.1. The highest BCUT2D eigenvalue weighted by Gasteiger charge is 2.23. The molecular formula is C23H23NO5. The Morgan fingerprint density at radius 1 is 1.07 bits per heavy atom. The standard InChI is InChI=1S/C23H23NO5/c1-14-22(18-7-5-6-8-19(18)24-14)23(26)15(2)29-21(25)12-9-16-13-17(27-3)10-11-20(16)28-4/h5-13,15,24H,1-4H3/b12-9+/t15-/m0/s1. The highest BCUT2D eigenvalue weighted by Crippen LogP contribution is 2.26. The van der Waals surface area contributed by atoms with Crippen LogP contribution in [0.5, 0.6) is 11.5 Å². The number of H-pyrrole nitrogens is 1. The number of carbonyl (C=O) groups excluding carboxylic acids is 2. The van der Waals surface area contributed by atoms with Gasteiger partial charge in [-0.3, -0.25) is 4.79 Å². The molecule has 29 heavy (non-hydrogen) atoms. The molecule has 1 heterocycles. The summed E-state index contributed by atoms with van der Waals surface area (Å²) in [6.07, 6.45) is 1.92. The second-order valence-corrected chi connectivity index (χ2v) is 6.56. The van der Waals surface area contributed by atoms with Crippen LogP contribution < -0.4 is 9.47 Å². The molecule has 6 heteroatoms. The Morgan fingerprint density at radius 2 is 1.83 bits per heavy atom. The van der Waals surface area contributed by atoms with E-state index in [-0.39, 0.29) is 5.78 Å². The van der Waals surface area contributed by atoms with Crippen molar-refractivity contribution >= 4 is 28.7 Å². The minimum Gasteiger partial charge on any atom is -0.497 e. The summed E-state index contributed by atoms with van der Waals surface area (Å²) in [4.78, 5) is 28.3. The van der Waals surface area contributed by atoms with E-state index < -0.39 is 12.1 Å². The molecule has 0 radical (unpaired) electrons. The van der Waals surface area contributed by atoms with Crippen molar-refractivity contribution in [3.8, 4) is 11.5 Å². The van der Waals surface area contributed by atoms with Crippen molar-refractivity contribution in [2.24, 2.45) is 0 Å². The third kappa shape index (κ3) is 4.32. The Hall–Kier alpha value is -3.54. The molecule has 0 spiro atoms. The quantitative estimate of drug-likeness (QED) is 0.367. The van der Waals surface area contributed by atoms with E-state index in [9.17, 15) is 9.59 Å². The molecule has 0 saturated carbocycles. The zero-order valence-corrected chi connectivity index (χ0v) is 16.8. The van der Waals surface area contributed by atoms with E-state index in [1.165, 1.54) is 6.08 Å². The number of rotatable bonds is 7. The summed E-state index contributed by atoms with van der Waals surface area (Å²) in [7, 11) is 3.10. The lowest BCUT2D eigenvalue weighted by Crippen LogP contribution is -2.24. The first-order valence-electron chi connectivity index (χ1n) is 9.16. The minimum absolute atomic E-state index is 0.249. The Labute approximate surface area is 169 Å². The average Bonchev–Trinajstić information content (AvgIpc) is 3.06. The third-order valence-corrected chi connectivity index (χ3v) is 4.64. The van der Waals surface area contributed by atoms with Crippen LogP contribution in [0.4, 0.5) is 0 Å². The van der Waals surface area contributed by atoms with E-state index in [1.807, 2.05) is 31.2 Å². The summed E-state index contributed by atoms with van der Waals surface area (Å²) in [5, 5.41) is 0.814. The number of Topliss-reactive ketones (excluding diaryl/α,β-unsaturated/α-hetero) is 1. The molecule has 1 aromatic heterocycles. The zero-order valence-electron chi connectivity index (χ0n) is 16.8. The van der Waals surface area contributed by atoms with Crippen LogP contribution in [-0.4, -0.2) is 37.1 Å². The molecule has 3 rings (SSSR count). The second kappa shape index (κ2) is 8.65. The number of fused-ring (bicyclic) bond motifs is 1. The fraction of sp³-hybridized carbons (Fsp3) is 0.217. The van der Waals surface area contributed by atoms with Crippen LogP contribution in [0.2, 0.25) is 0 Å². The maximum atomic E-state index is 12.9. The molecule has 6 nitrogen and oxygen atoms in total. The summed E-state index contributed by atoms with van der Waals surface area (Å²) < 4.78 is 15.8. The molecule has 0 aliphatic heterocycles. The van der Waals surface area contributed by atoms with Gasteiger partial charge in [0.15, 0.2) is 6.10 Å². The third-order valence-electron chi connectivity index (χ3n) is 4.64. The zero-order chi connectivity index (χ0) is 21.0. The Balaban J connectivity index is 1.74. The number of benzene rings is 2. The molecule has 0 unspecified atom stereocenters. The van der Waals surface area contributed by atoms with Crippen molar-refractivity contribution in [2.75, 3.05) is 14.2 Å². The van der Waals surface area contributed by atoms with Crippen molar-refractivity contribution in [3.05, 3.63) is 65.4 Å². The second-order valence-electron chi connectivity index (χ2n) is 6.56. The molecule has 150 valence electrons. The molecule has 2 aromatic carbocycles. The predicted octanol–water partition coefficient (Wildman–Crippen LogP) is 4.32. The number of hydrogen-bond donors (Lipinski definition) is 1. The highest BCUT2D eigenvalue weighted by atomic mass is 16.5. The maximum absolute atomic E-state index is 12.9. The van der Waals surface area contributed by atoms with Gasteiger partial charge in [-0.1, -0.05) is 18.2 Å². The Kier molecular flexibility index (Phi) is 6.02.